The molecule has 5 nitrogen and oxygen atoms in total. The number of hydrogen-bond donors (Lipinski definition) is 3. The van der Waals surface area contributed by atoms with Crippen molar-refractivity contribution in [2.24, 2.45) is 10.4 Å². The summed E-state index contributed by atoms with van der Waals surface area (Å²) in [4.78, 5) is 15.4. The van der Waals surface area contributed by atoms with Crippen molar-refractivity contribution in [2.75, 3.05) is 27.7 Å². The van der Waals surface area contributed by atoms with Crippen LogP contribution in [-0.4, -0.2) is 39.6 Å². The number of carbonyl (C=O) groups excluding carboxylic acids is 1. The molecule has 0 unspecified atom stereocenters. The second kappa shape index (κ2) is 7.72. The predicted molar refractivity (Wildman–Crippen MR) is 73.7 cm³/mol. The average molecular weight is 328 g/mol. The van der Waals surface area contributed by atoms with E-state index in [1.165, 1.54) is 0 Å². The molecule has 0 spiro atoms. The molecule has 90 valence electrons. The van der Waals surface area contributed by atoms with Crippen LogP contribution in [0.1, 0.15) is 13.8 Å². The zero-order chi connectivity index (χ0) is 11.2. The first-order chi connectivity index (χ1) is 6.47. The van der Waals surface area contributed by atoms with Crippen LogP contribution in [0.5, 0.6) is 0 Å². The van der Waals surface area contributed by atoms with Crippen molar-refractivity contribution in [1.82, 2.24) is 16.0 Å². The fourth-order valence-corrected chi connectivity index (χ4v) is 1.00. The van der Waals surface area contributed by atoms with Gasteiger partial charge < -0.3 is 16.0 Å². The molecule has 0 rings (SSSR count). The summed E-state index contributed by atoms with van der Waals surface area (Å²) in [5, 5.41) is 8.57. The third kappa shape index (κ3) is 5.81. The van der Waals surface area contributed by atoms with Crippen LogP contribution < -0.4 is 16.0 Å². The molecule has 3 N–H and O–H groups in total. The summed E-state index contributed by atoms with van der Waals surface area (Å²) in [6.45, 7) is 4.30. The van der Waals surface area contributed by atoms with E-state index in [0.717, 1.165) is 0 Å². The van der Waals surface area contributed by atoms with E-state index in [0.29, 0.717) is 12.5 Å². The zero-order valence-corrected chi connectivity index (χ0v) is 12.3. The number of halogens is 1. The van der Waals surface area contributed by atoms with Crippen LogP contribution in [0.3, 0.4) is 0 Å². The Morgan fingerprint density at radius 3 is 2.13 bits per heavy atom. The summed E-state index contributed by atoms with van der Waals surface area (Å²) in [5.74, 6) is 0.693. The van der Waals surface area contributed by atoms with E-state index >= 15 is 0 Å². The van der Waals surface area contributed by atoms with Gasteiger partial charge in [-0.3, -0.25) is 9.79 Å². The predicted octanol–water partition coefficient (Wildman–Crippen LogP) is 0.171. The molecule has 0 fully saturated rings. The Morgan fingerprint density at radius 2 is 1.80 bits per heavy atom. The van der Waals surface area contributed by atoms with E-state index in [-0.39, 0.29) is 29.9 Å². The van der Waals surface area contributed by atoms with Crippen LogP contribution in [0.15, 0.2) is 4.99 Å². The minimum absolute atomic E-state index is 0. The van der Waals surface area contributed by atoms with Gasteiger partial charge in [0.05, 0.1) is 5.41 Å². The number of rotatable bonds is 3. The maximum Gasteiger partial charge on any atom is 0.227 e. The van der Waals surface area contributed by atoms with Crippen molar-refractivity contribution >= 4 is 35.8 Å². The second-order valence-corrected chi connectivity index (χ2v) is 3.64. The second-order valence-electron chi connectivity index (χ2n) is 3.64. The third-order valence-corrected chi connectivity index (χ3v) is 2.00. The number of nitrogens with one attached hydrogen (secondary N) is 3. The largest absolute Gasteiger partial charge is 0.359 e. The van der Waals surface area contributed by atoms with Gasteiger partial charge in [0.25, 0.3) is 0 Å². The van der Waals surface area contributed by atoms with Gasteiger partial charge in [0.15, 0.2) is 5.96 Å². The monoisotopic (exact) mass is 328 g/mol. The Hall–Kier alpha value is -0.530. The van der Waals surface area contributed by atoms with Crippen molar-refractivity contribution < 1.29 is 4.79 Å². The Bertz CT molecular complexity index is 228. The minimum atomic E-state index is -0.443. The lowest BCUT2D eigenvalue weighted by Gasteiger charge is -2.23. The molecule has 0 radical (unpaired) electrons. The minimum Gasteiger partial charge on any atom is -0.359 e. The van der Waals surface area contributed by atoms with E-state index in [1.54, 1.807) is 21.1 Å². The van der Waals surface area contributed by atoms with Gasteiger partial charge in [-0.1, -0.05) is 0 Å². The lowest BCUT2D eigenvalue weighted by atomic mass is 9.92. The summed E-state index contributed by atoms with van der Waals surface area (Å²) in [6, 6.07) is 0. The molecular weight excluding hydrogens is 307 g/mol. The summed E-state index contributed by atoms with van der Waals surface area (Å²) in [5.41, 5.74) is -0.443. The lowest BCUT2D eigenvalue weighted by molar-refractivity contribution is -0.128. The van der Waals surface area contributed by atoms with Gasteiger partial charge >= 0.3 is 0 Å². The topological polar surface area (TPSA) is 65.5 Å². The first-order valence-electron chi connectivity index (χ1n) is 4.58. The average Bonchev–Trinajstić information content (AvgIpc) is 2.18. The van der Waals surface area contributed by atoms with Crippen molar-refractivity contribution in [3.05, 3.63) is 0 Å². The molecule has 0 saturated heterocycles. The molecule has 0 aromatic heterocycles. The fourth-order valence-electron chi connectivity index (χ4n) is 1.00. The van der Waals surface area contributed by atoms with E-state index in [4.69, 9.17) is 0 Å². The number of carbonyl (C=O) groups is 1. The highest BCUT2D eigenvalue weighted by Gasteiger charge is 2.26. The molecule has 0 aromatic carbocycles. The number of guanidine groups is 1. The smallest absolute Gasteiger partial charge is 0.227 e. The van der Waals surface area contributed by atoms with Gasteiger partial charge in [0, 0.05) is 27.7 Å². The molecule has 6 heteroatoms. The quantitative estimate of drug-likeness (QED) is 0.393. The molecule has 0 aliphatic heterocycles. The van der Waals surface area contributed by atoms with Crippen LogP contribution in [0.25, 0.3) is 0 Å². The summed E-state index contributed by atoms with van der Waals surface area (Å²) >= 11 is 0. The first-order valence-corrected chi connectivity index (χ1v) is 4.58. The van der Waals surface area contributed by atoms with Crippen LogP contribution >= 0.6 is 24.0 Å². The number of aliphatic imine (C=N–C) groups is 1. The third-order valence-electron chi connectivity index (χ3n) is 2.00. The van der Waals surface area contributed by atoms with Crippen molar-refractivity contribution in [3.8, 4) is 0 Å². The Kier molecular flexibility index (Phi) is 8.69. The van der Waals surface area contributed by atoms with Gasteiger partial charge in [-0.05, 0) is 13.8 Å². The SMILES string of the molecule is CN=C(NC)NCC(C)(C)C(=O)NC.I. The Balaban J connectivity index is 0. The van der Waals surface area contributed by atoms with Crippen LogP contribution in [-0.2, 0) is 4.79 Å². The molecular formula is C9H21IN4O. The van der Waals surface area contributed by atoms with Crippen molar-refractivity contribution in [2.45, 2.75) is 13.8 Å². The van der Waals surface area contributed by atoms with Gasteiger partial charge in [-0.2, -0.15) is 0 Å². The summed E-state index contributed by atoms with van der Waals surface area (Å²) in [7, 11) is 5.10. The Morgan fingerprint density at radius 1 is 1.27 bits per heavy atom. The molecule has 15 heavy (non-hydrogen) atoms. The Labute approximate surface area is 109 Å². The number of hydrogen-bond acceptors (Lipinski definition) is 2. The van der Waals surface area contributed by atoms with Crippen molar-refractivity contribution in [3.63, 3.8) is 0 Å². The molecule has 0 saturated carbocycles. The standard InChI is InChI=1S/C9H20N4O.HI/c1-9(2,7(14)10-3)6-13-8(11-4)12-5;/h6H2,1-5H3,(H,10,14)(H2,11,12,13);1H. The normalized spacial score (nSPS) is 11.4. The maximum absolute atomic E-state index is 11.4. The van der Waals surface area contributed by atoms with Crippen LogP contribution in [0, 0.1) is 5.41 Å². The van der Waals surface area contributed by atoms with Gasteiger partial charge in [0.2, 0.25) is 5.91 Å². The molecule has 0 bridgehead atoms. The summed E-state index contributed by atoms with van der Waals surface area (Å²) < 4.78 is 0. The maximum atomic E-state index is 11.4. The van der Waals surface area contributed by atoms with Crippen LogP contribution in [0.2, 0.25) is 0 Å². The highest BCUT2D eigenvalue weighted by molar-refractivity contribution is 14.0. The van der Waals surface area contributed by atoms with Crippen LogP contribution in [0.4, 0.5) is 0 Å². The molecule has 0 atom stereocenters. The number of amides is 1. The summed E-state index contributed by atoms with van der Waals surface area (Å²) in [6.07, 6.45) is 0. The van der Waals surface area contributed by atoms with Gasteiger partial charge in [-0.15, -0.1) is 24.0 Å². The highest BCUT2D eigenvalue weighted by atomic mass is 127. The van der Waals surface area contributed by atoms with Gasteiger partial charge in [-0.25, -0.2) is 0 Å². The van der Waals surface area contributed by atoms with Gasteiger partial charge in [0.1, 0.15) is 0 Å². The highest BCUT2D eigenvalue weighted by Crippen LogP contribution is 2.12. The molecule has 0 aliphatic rings. The zero-order valence-electron chi connectivity index (χ0n) is 9.97. The van der Waals surface area contributed by atoms with E-state index < -0.39 is 5.41 Å². The van der Waals surface area contributed by atoms with Crippen molar-refractivity contribution in [1.29, 1.82) is 0 Å². The molecule has 0 aromatic rings. The van der Waals surface area contributed by atoms with E-state index in [2.05, 4.69) is 20.9 Å². The fraction of sp³-hybridized carbons (Fsp3) is 0.778. The molecule has 0 heterocycles. The van der Waals surface area contributed by atoms with E-state index in [9.17, 15) is 4.79 Å². The number of nitrogens with zero attached hydrogens (tertiary/aromatic N) is 1. The lowest BCUT2D eigenvalue weighted by Crippen LogP contribution is -2.46. The molecule has 1 amide bonds. The first kappa shape index (κ1) is 16.9. The van der Waals surface area contributed by atoms with E-state index in [1.807, 2.05) is 13.8 Å². The molecule has 0 aliphatic carbocycles.